The Balaban J connectivity index is 1.34. The van der Waals surface area contributed by atoms with E-state index >= 15 is 0 Å². The maximum absolute atomic E-state index is 12.1. The number of aliphatic imine (C=N–C) groups is 1. The third-order valence-corrected chi connectivity index (χ3v) is 4.88. The summed E-state index contributed by atoms with van der Waals surface area (Å²) in [6, 6.07) is 15.7. The zero-order chi connectivity index (χ0) is 20.1. The van der Waals surface area contributed by atoms with Crippen molar-refractivity contribution in [2.75, 3.05) is 10.6 Å². The minimum atomic E-state index is -0.132. The Bertz CT molecular complexity index is 1030. The van der Waals surface area contributed by atoms with Gasteiger partial charge in [-0.05, 0) is 66.3 Å². The van der Waals surface area contributed by atoms with Crippen molar-refractivity contribution < 1.29 is 4.79 Å². The molecule has 0 aliphatic heterocycles. The van der Waals surface area contributed by atoms with Gasteiger partial charge in [0.25, 0.3) is 0 Å². The molecule has 0 atom stereocenters. The normalized spacial score (nSPS) is 13.2. The van der Waals surface area contributed by atoms with E-state index in [0.717, 1.165) is 29.8 Å². The van der Waals surface area contributed by atoms with E-state index in [1.165, 1.54) is 17.5 Å². The van der Waals surface area contributed by atoms with Gasteiger partial charge in [0, 0.05) is 23.8 Å². The number of nitrogens with two attached hydrogens (primary N) is 1. The van der Waals surface area contributed by atoms with E-state index < -0.39 is 0 Å². The fraction of sp³-hybridized carbons (Fsp3) is 0.227. The fourth-order valence-electron chi connectivity index (χ4n) is 3.50. The van der Waals surface area contributed by atoms with E-state index in [1.54, 1.807) is 23.1 Å². The van der Waals surface area contributed by atoms with Crippen molar-refractivity contribution in [3.63, 3.8) is 0 Å². The van der Waals surface area contributed by atoms with Crippen LogP contribution in [0.2, 0.25) is 0 Å². The van der Waals surface area contributed by atoms with Crippen LogP contribution >= 0.6 is 0 Å². The number of fused-ring (bicyclic) bond motifs is 1. The minimum absolute atomic E-state index is 0.132. The van der Waals surface area contributed by atoms with Crippen molar-refractivity contribution in [3.05, 3.63) is 77.6 Å². The van der Waals surface area contributed by atoms with Crippen LogP contribution < -0.4 is 16.4 Å². The molecule has 1 amide bonds. The molecule has 3 aromatic rings. The van der Waals surface area contributed by atoms with Gasteiger partial charge in [0.05, 0.1) is 6.54 Å². The molecular formula is C22H24N6O. The van der Waals surface area contributed by atoms with E-state index in [1.807, 2.05) is 30.3 Å². The largest absolute Gasteiger partial charge is 0.370 e. The molecule has 0 bridgehead atoms. The number of nitrogens with one attached hydrogen (secondary N) is 2. The third kappa shape index (κ3) is 5.01. The van der Waals surface area contributed by atoms with Crippen LogP contribution in [0.25, 0.3) is 0 Å². The van der Waals surface area contributed by atoms with Gasteiger partial charge in [0.2, 0.25) is 5.91 Å². The quantitative estimate of drug-likeness (QED) is 0.447. The average Bonchev–Trinajstić information content (AvgIpc) is 3.38. The molecule has 7 heteroatoms. The van der Waals surface area contributed by atoms with E-state index in [4.69, 9.17) is 5.73 Å². The van der Waals surface area contributed by atoms with Crippen molar-refractivity contribution in [3.8, 4) is 0 Å². The van der Waals surface area contributed by atoms with Crippen LogP contribution in [0.4, 0.5) is 11.4 Å². The number of benzene rings is 2. The molecule has 1 aliphatic rings. The first-order valence-electron chi connectivity index (χ1n) is 9.71. The molecule has 7 nitrogen and oxygen atoms in total. The lowest BCUT2D eigenvalue weighted by atomic mass is 10.1. The number of carbonyl (C=O) groups excluding carboxylic acids is 1. The molecule has 0 saturated heterocycles. The lowest BCUT2D eigenvalue weighted by molar-refractivity contribution is -0.116. The van der Waals surface area contributed by atoms with Gasteiger partial charge >= 0.3 is 0 Å². The van der Waals surface area contributed by atoms with Crippen LogP contribution in [0.5, 0.6) is 0 Å². The molecule has 4 rings (SSSR count). The molecular weight excluding hydrogens is 364 g/mol. The number of hydrogen-bond acceptors (Lipinski definition) is 3. The summed E-state index contributed by atoms with van der Waals surface area (Å²) in [5.74, 6) is 0.239. The van der Waals surface area contributed by atoms with Crippen LogP contribution in [0.15, 0.2) is 65.9 Å². The molecule has 1 aromatic heterocycles. The summed E-state index contributed by atoms with van der Waals surface area (Å²) in [4.78, 5) is 16.5. The SMILES string of the molecule is NC(=NCc1cccc(NC(=O)Cn2cccn2)c1)Nc1ccc2c(c1)CCC2. The smallest absolute Gasteiger partial charge is 0.246 e. The highest BCUT2D eigenvalue weighted by atomic mass is 16.2. The molecule has 1 aliphatic carbocycles. The molecule has 0 radical (unpaired) electrons. The van der Waals surface area contributed by atoms with Crippen LogP contribution in [-0.4, -0.2) is 21.6 Å². The number of guanidine groups is 1. The van der Waals surface area contributed by atoms with E-state index in [-0.39, 0.29) is 12.5 Å². The molecule has 29 heavy (non-hydrogen) atoms. The summed E-state index contributed by atoms with van der Waals surface area (Å²) in [6.45, 7) is 0.597. The predicted molar refractivity (Wildman–Crippen MR) is 115 cm³/mol. The number of carbonyl (C=O) groups is 1. The molecule has 2 aromatic carbocycles. The molecule has 1 heterocycles. The standard InChI is InChI=1S/C22H24N6O/c23-22(27-20-9-8-17-5-2-6-18(17)13-20)24-14-16-4-1-7-19(12-16)26-21(29)15-28-11-3-10-25-28/h1,3-4,7-13H,2,5-6,14-15H2,(H,26,29)(H3,23,24,27). The lowest BCUT2D eigenvalue weighted by Gasteiger charge is -2.09. The van der Waals surface area contributed by atoms with Gasteiger partial charge in [-0.2, -0.15) is 5.10 Å². The highest BCUT2D eigenvalue weighted by molar-refractivity contribution is 5.92. The molecule has 0 spiro atoms. The Kier molecular flexibility index (Phi) is 5.56. The second-order valence-corrected chi connectivity index (χ2v) is 7.12. The van der Waals surface area contributed by atoms with Gasteiger partial charge < -0.3 is 16.4 Å². The molecule has 0 fully saturated rings. The summed E-state index contributed by atoms with van der Waals surface area (Å²) in [6.07, 6.45) is 6.90. The second-order valence-electron chi connectivity index (χ2n) is 7.12. The van der Waals surface area contributed by atoms with Gasteiger partial charge in [-0.15, -0.1) is 0 Å². The topological polar surface area (TPSA) is 97.3 Å². The Morgan fingerprint density at radius 3 is 2.79 bits per heavy atom. The maximum atomic E-state index is 12.1. The summed E-state index contributed by atoms with van der Waals surface area (Å²) in [7, 11) is 0. The molecule has 0 unspecified atom stereocenters. The first kappa shape index (κ1) is 18.7. The van der Waals surface area contributed by atoms with Crippen LogP contribution in [0.3, 0.4) is 0 Å². The van der Waals surface area contributed by atoms with Crippen LogP contribution in [0.1, 0.15) is 23.1 Å². The summed E-state index contributed by atoms with van der Waals surface area (Å²) in [5, 5.41) is 10.1. The monoisotopic (exact) mass is 388 g/mol. The van der Waals surface area contributed by atoms with Crippen molar-refractivity contribution in [2.45, 2.75) is 32.4 Å². The second kappa shape index (κ2) is 8.60. The molecule has 4 N–H and O–H groups in total. The highest BCUT2D eigenvalue weighted by Gasteiger charge is 2.11. The Labute approximate surface area is 169 Å². The Morgan fingerprint density at radius 1 is 1.07 bits per heavy atom. The third-order valence-electron chi connectivity index (χ3n) is 4.88. The first-order chi connectivity index (χ1) is 14.2. The Hall–Kier alpha value is -3.61. The Morgan fingerprint density at radius 2 is 1.93 bits per heavy atom. The highest BCUT2D eigenvalue weighted by Crippen LogP contribution is 2.24. The zero-order valence-electron chi connectivity index (χ0n) is 16.1. The summed E-state index contributed by atoms with van der Waals surface area (Å²) < 4.78 is 1.58. The molecule has 0 saturated carbocycles. The number of aryl methyl sites for hydroxylation is 2. The van der Waals surface area contributed by atoms with Crippen molar-refractivity contribution in [1.82, 2.24) is 9.78 Å². The van der Waals surface area contributed by atoms with Crippen LogP contribution in [0, 0.1) is 0 Å². The summed E-state index contributed by atoms with van der Waals surface area (Å²) >= 11 is 0. The van der Waals surface area contributed by atoms with Crippen molar-refractivity contribution in [2.24, 2.45) is 10.7 Å². The van der Waals surface area contributed by atoms with Crippen molar-refractivity contribution in [1.29, 1.82) is 0 Å². The number of hydrogen-bond donors (Lipinski definition) is 3. The number of rotatable bonds is 6. The van der Waals surface area contributed by atoms with E-state index in [2.05, 4.69) is 32.9 Å². The minimum Gasteiger partial charge on any atom is -0.370 e. The average molecular weight is 388 g/mol. The number of amides is 1. The van der Waals surface area contributed by atoms with Crippen LogP contribution in [-0.2, 0) is 30.7 Å². The van der Waals surface area contributed by atoms with Gasteiger partial charge in [0.1, 0.15) is 6.54 Å². The number of aromatic nitrogens is 2. The van der Waals surface area contributed by atoms with Crippen molar-refractivity contribution >= 4 is 23.2 Å². The fourth-order valence-corrected chi connectivity index (χ4v) is 3.50. The summed E-state index contributed by atoms with van der Waals surface area (Å²) in [5.41, 5.74) is 11.5. The maximum Gasteiger partial charge on any atom is 0.246 e. The first-order valence-corrected chi connectivity index (χ1v) is 9.71. The van der Waals surface area contributed by atoms with Gasteiger partial charge in [-0.25, -0.2) is 4.99 Å². The van der Waals surface area contributed by atoms with E-state index in [0.29, 0.717) is 12.5 Å². The number of nitrogens with zero attached hydrogens (tertiary/aromatic N) is 3. The number of anilines is 2. The predicted octanol–water partition coefficient (Wildman–Crippen LogP) is 2.94. The van der Waals surface area contributed by atoms with E-state index in [9.17, 15) is 4.79 Å². The zero-order valence-corrected chi connectivity index (χ0v) is 16.1. The molecule has 148 valence electrons. The van der Waals surface area contributed by atoms with Gasteiger partial charge in [0.15, 0.2) is 5.96 Å². The van der Waals surface area contributed by atoms with Gasteiger partial charge in [-0.1, -0.05) is 18.2 Å². The lowest BCUT2D eigenvalue weighted by Crippen LogP contribution is -2.22. The van der Waals surface area contributed by atoms with Gasteiger partial charge in [-0.3, -0.25) is 9.48 Å².